The molecule has 1 aromatic heterocycles. The Kier molecular flexibility index (Phi) is 5.15. The Morgan fingerprint density at radius 1 is 1.58 bits per heavy atom. The number of ether oxygens (including phenoxy) is 1. The van der Waals surface area contributed by atoms with Gasteiger partial charge in [0.15, 0.2) is 0 Å². The minimum atomic E-state index is -0.0442. The van der Waals surface area contributed by atoms with Crippen LogP contribution in [0.4, 0.5) is 5.69 Å². The van der Waals surface area contributed by atoms with Gasteiger partial charge in [-0.1, -0.05) is 0 Å². The average Bonchev–Trinajstić information content (AvgIpc) is 2.93. The van der Waals surface area contributed by atoms with Crippen LogP contribution in [0.2, 0.25) is 0 Å². The van der Waals surface area contributed by atoms with Crippen LogP contribution in [0.15, 0.2) is 18.5 Å². The minimum Gasteiger partial charge on any atom is -0.383 e. The maximum atomic E-state index is 12.1. The molecule has 1 unspecified atom stereocenters. The highest BCUT2D eigenvalue weighted by molar-refractivity contribution is 5.99. The first-order valence-electron chi connectivity index (χ1n) is 6.85. The molecule has 104 valence electrons. The van der Waals surface area contributed by atoms with Gasteiger partial charge in [0.05, 0.1) is 17.4 Å². The second-order valence-corrected chi connectivity index (χ2v) is 4.73. The zero-order valence-electron chi connectivity index (χ0n) is 11.3. The molecule has 0 spiro atoms. The van der Waals surface area contributed by atoms with E-state index >= 15 is 0 Å². The fourth-order valence-corrected chi connectivity index (χ4v) is 2.22. The number of amides is 1. The molecule has 1 aliphatic rings. The Hall–Kier alpha value is -1.62. The Morgan fingerprint density at radius 3 is 3.21 bits per heavy atom. The van der Waals surface area contributed by atoms with Crippen molar-refractivity contribution in [2.45, 2.75) is 19.8 Å². The molecule has 5 heteroatoms. The summed E-state index contributed by atoms with van der Waals surface area (Å²) in [5.41, 5.74) is 1.44. The lowest BCUT2D eigenvalue weighted by molar-refractivity contribution is 0.0951. The van der Waals surface area contributed by atoms with E-state index in [1.54, 1.807) is 18.5 Å². The van der Waals surface area contributed by atoms with E-state index in [0.29, 0.717) is 18.0 Å². The van der Waals surface area contributed by atoms with Crippen molar-refractivity contribution in [2.75, 3.05) is 31.6 Å². The van der Waals surface area contributed by atoms with E-state index in [1.807, 2.05) is 6.92 Å². The second-order valence-electron chi connectivity index (χ2n) is 4.73. The normalized spacial score (nSPS) is 18.3. The molecule has 1 aromatic rings. The summed E-state index contributed by atoms with van der Waals surface area (Å²) in [6.07, 6.45) is 5.41. The lowest BCUT2D eigenvalue weighted by atomic mass is 10.1. The van der Waals surface area contributed by atoms with Crippen molar-refractivity contribution in [3.05, 3.63) is 24.0 Å². The summed E-state index contributed by atoms with van der Waals surface area (Å²) in [4.78, 5) is 16.1. The second kappa shape index (κ2) is 7.09. The monoisotopic (exact) mass is 263 g/mol. The Morgan fingerprint density at radius 2 is 2.47 bits per heavy atom. The van der Waals surface area contributed by atoms with Crippen molar-refractivity contribution in [3.8, 4) is 0 Å². The molecule has 1 atom stereocenters. The largest absolute Gasteiger partial charge is 0.383 e. The van der Waals surface area contributed by atoms with Gasteiger partial charge in [0.2, 0.25) is 0 Å². The van der Waals surface area contributed by atoms with Crippen LogP contribution in [0, 0.1) is 5.92 Å². The van der Waals surface area contributed by atoms with E-state index in [2.05, 4.69) is 15.6 Å². The number of carbonyl (C=O) groups is 1. The van der Waals surface area contributed by atoms with Gasteiger partial charge >= 0.3 is 0 Å². The Balaban J connectivity index is 1.84. The van der Waals surface area contributed by atoms with Crippen LogP contribution in [0.1, 0.15) is 30.1 Å². The first kappa shape index (κ1) is 13.8. The van der Waals surface area contributed by atoms with E-state index in [1.165, 1.54) is 0 Å². The standard InChI is InChI=1S/C14H21N3O2/c1-2-16-13-9-15-6-4-12(13)14(18)17-7-3-11-5-8-19-10-11/h4,6,9,11,16H,2-3,5,7-8,10H2,1H3,(H,17,18). The summed E-state index contributed by atoms with van der Waals surface area (Å²) < 4.78 is 5.32. The van der Waals surface area contributed by atoms with Crippen LogP contribution in [-0.2, 0) is 4.74 Å². The fourth-order valence-electron chi connectivity index (χ4n) is 2.22. The lowest BCUT2D eigenvalue weighted by Crippen LogP contribution is -2.27. The molecule has 1 amide bonds. The molecule has 5 nitrogen and oxygen atoms in total. The van der Waals surface area contributed by atoms with Gasteiger partial charge < -0.3 is 15.4 Å². The maximum absolute atomic E-state index is 12.1. The summed E-state index contributed by atoms with van der Waals surface area (Å²) in [5.74, 6) is 0.545. The van der Waals surface area contributed by atoms with E-state index < -0.39 is 0 Å². The predicted octanol–water partition coefficient (Wildman–Crippen LogP) is 1.67. The molecule has 0 bridgehead atoms. The molecule has 1 saturated heterocycles. The molecule has 0 saturated carbocycles. The quantitative estimate of drug-likeness (QED) is 0.819. The molecule has 2 rings (SSSR count). The van der Waals surface area contributed by atoms with Gasteiger partial charge in [-0.3, -0.25) is 9.78 Å². The molecule has 0 radical (unpaired) electrons. The van der Waals surface area contributed by atoms with Crippen molar-refractivity contribution >= 4 is 11.6 Å². The predicted molar refractivity (Wildman–Crippen MR) is 74.3 cm³/mol. The SMILES string of the molecule is CCNc1cnccc1C(=O)NCCC1CCOC1. The zero-order valence-corrected chi connectivity index (χ0v) is 11.3. The van der Waals surface area contributed by atoms with Gasteiger partial charge in [-0.15, -0.1) is 0 Å². The first-order chi connectivity index (χ1) is 9.31. The Labute approximate surface area is 113 Å². The highest BCUT2D eigenvalue weighted by atomic mass is 16.5. The summed E-state index contributed by atoms with van der Waals surface area (Å²) in [6, 6.07) is 1.74. The zero-order chi connectivity index (χ0) is 13.5. The lowest BCUT2D eigenvalue weighted by Gasteiger charge is -2.11. The van der Waals surface area contributed by atoms with E-state index in [9.17, 15) is 4.79 Å². The maximum Gasteiger partial charge on any atom is 0.253 e. The summed E-state index contributed by atoms with van der Waals surface area (Å²) in [7, 11) is 0. The van der Waals surface area contributed by atoms with Crippen LogP contribution in [-0.4, -0.2) is 37.2 Å². The van der Waals surface area contributed by atoms with Crippen molar-refractivity contribution in [1.29, 1.82) is 0 Å². The number of hydrogen-bond donors (Lipinski definition) is 2. The molecule has 0 aliphatic carbocycles. The number of aromatic nitrogens is 1. The topological polar surface area (TPSA) is 63.2 Å². The van der Waals surface area contributed by atoms with Gasteiger partial charge in [-0.2, -0.15) is 0 Å². The number of nitrogens with zero attached hydrogens (tertiary/aromatic N) is 1. The van der Waals surface area contributed by atoms with Gasteiger partial charge in [0.1, 0.15) is 0 Å². The van der Waals surface area contributed by atoms with Crippen molar-refractivity contribution in [2.24, 2.45) is 5.92 Å². The van der Waals surface area contributed by atoms with Crippen LogP contribution in [0.5, 0.6) is 0 Å². The first-order valence-corrected chi connectivity index (χ1v) is 6.85. The number of nitrogens with one attached hydrogen (secondary N) is 2. The van der Waals surface area contributed by atoms with E-state index in [4.69, 9.17) is 4.74 Å². The molecule has 1 fully saturated rings. The number of carbonyl (C=O) groups excluding carboxylic acids is 1. The minimum absolute atomic E-state index is 0.0442. The van der Waals surface area contributed by atoms with Gasteiger partial charge in [0, 0.05) is 32.5 Å². The third kappa shape index (κ3) is 3.92. The van der Waals surface area contributed by atoms with Crippen molar-refractivity contribution < 1.29 is 9.53 Å². The third-order valence-corrected chi connectivity index (χ3v) is 3.30. The third-order valence-electron chi connectivity index (χ3n) is 3.30. The molecule has 19 heavy (non-hydrogen) atoms. The number of rotatable bonds is 6. The van der Waals surface area contributed by atoms with Gasteiger partial charge in [-0.25, -0.2) is 0 Å². The average molecular weight is 263 g/mol. The molecule has 0 aromatic carbocycles. The molecule has 2 N–H and O–H groups in total. The van der Waals surface area contributed by atoms with Gasteiger partial charge in [-0.05, 0) is 31.7 Å². The van der Waals surface area contributed by atoms with Crippen molar-refractivity contribution in [1.82, 2.24) is 10.3 Å². The fraction of sp³-hybridized carbons (Fsp3) is 0.571. The van der Waals surface area contributed by atoms with Crippen LogP contribution in [0.3, 0.4) is 0 Å². The molecule has 1 aliphatic heterocycles. The summed E-state index contributed by atoms with van der Waals surface area (Å²) >= 11 is 0. The van der Waals surface area contributed by atoms with Crippen LogP contribution in [0.25, 0.3) is 0 Å². The molecule has 2 heterocycles. The van der Waals surface area contributed by atoms with Crippen LogP contribution < -0.4 is 10.6 Å². The van der Waals surface area contributed by atoms with Crippen LogP contribution >= 0.6 is 0 Å². The van der Waals surface area contributed by atoms with E-state index in [-0.39, 0.29) is 5.91 Å². The highest BCUT2D eigenvalue weighted by Crippen LogP contribution is 2.16. The van der Waals surface area contributed by atoms with Gasteiger partial charge in [0.25, 0.3) is 5.91 Å². The summed E-state index contributed by atoms with van der Waals surface area (Å²) in [5, 5.41) is 6.11. The van der Waals surface area contributed by atoms with E-state index in [0.717, 1.165) is 38.3 Å². The highest BCUT2D eigenvalue weighted by Gasteiger charge is 2.16. The number of anilines is 1. The molecular formula is C14H21N3O2. The smallest absolute Gasteiger partial charge is 0.253 e. The van der Waals surface area contributed by atoms with Crippen molar-refractivity contribution in [3.63, 3.8) is 0 Å². The Bertz CT molecular complexity index is 417. The number of pyridine rings is 1. The number of hydrogen-bond acceptors (Lipinski definition) is 4. The summed E-state index contributed by atoms with van der Waals surface area (Å²) in [6.45, 7) is 5.14. The molecular weight excluding hydrogens is 242 g/mol.